The van der Waals surface area contributed by atoms with E-state index in [1.807, 2.05) is 0 Å². The highest BCUT2D eigenvalue weighted by Crippen LogP contribution is 2.10. The predicted octanol–water partition coefficient (Wildman–Crippen LogP) is 1.54. The molecular formula is C13H17ClN2O3S. The van der Waals surface area contributed by atoms with Gasteiger partial charge in [0.1, 0.15) is 0 Å². The Hall–Kier alpha value is -1.37. The van der Waals surface area contributed by atoms with Crippen LogP contribution in [0.2, 0.25) is 5.02 Å². The average molecular weight is 317 g/mol. The number of halogens is 1. The fourth-order valence-corrected chi connectivity index (χ4v) is 2.18. The molecule has 0 saturated heterocycles. The summed E-state index contributed by atoms with van der Waals surface area (Å²) in [4.78, 5) is 11.5. The van der Waals surface area contributed by atoms with Gasteiger partial charge in [0.2, 0.25) is 15.9 Å². The van der Waals surface area contributed by atoms with Crippen LogP contribution in [0.25, 0.3) is 6.08 Å². The fourth-order valence-electron chi connectivity index (χ4n) is 1.44. The van der Waals surface area contributed by atoms with Gasteiger partial charge in [-0.05, 0) is 36.6 Å². The van der Waals surface area contributed by atoms with Gasteiger partial charge in [-0.2, -0.15) is 0 Å². The summed E-state index contributed by atoms with van der Waals surface area (Å²) in [5, 5.41) is 8.17. The lowest BCUT2D eigenvalue weighted by atomic mass is 10.2. The van der Waals surface area contributed by atoms with Crippen molar-refractivity contribution in [2.45, 2.75) is 12.8 Å². The van der Waals surface area contributed by atoms with E-state index in [2.05, 4.69) is 5.32 Å². The molecule has 0 aliphatic rings. The molecule has 0 heterocycles. The van der Waals surface area contributed by atoms with E-state index in [1.54, 1.807) is 30.3 Å². The third-order valence-electron chi connectivity index (χ3n) is 2.45. The molecule has 0 aliphatic heterocycles. The number of nitrogens with two attached hydrogens (primary N) is 1. The van der Waals surface area contributed by atoms with Gasteiger partial charge in [0.25, 0.3) is 0 Å². The van der Waals surface area contributed by atoms with Crippen LogP contribution in [0.5, 0.6) is 0 Å². The second kappa shape index (κ2) is 8.04. The van der Waals surface area contributed by atoms with Crippen molar-refractivity contribution in [1.82, 2.24) is 5.32 Å². The van der Waals surface area contributed by atoms with E-state index in [9.17, 15) is 13.2 Å². The van der Waals surface area contributed by atoms with E-state index in [1.165, 1.54) is 6.08 Å². The van der Waals surface area contributed by atoms with Crippen LogP contribution in [-0.2, 0) is 14.8 Å². The number of hydrogen-bond acceptors (Lipinski definition) is 3. The molecule has 0 spiro atoms. The van der Waals surface area contributed by atoms with Crippen LogP contribution < -0.4 is 10.5 Å². The highest BCUT2D eigenvalue weighted by atomic mass is 35.5. The molecule has 3 N–H and O–H groups in total. The van der Waals surface area contributed by atoms with Crippen molar-refractivity contribution in [2.75, 3.05) is 12.3 Å². The van der Waals surface area contributed by atoms with Crippen LogP contribution in [0.15, 0.2) is 30.3 Å². The first-order chi connectivity index (χ1) is 9.37. The molecule has 1 aromatic carbocycles. The fraction of sp³-hybridized carbons (Fsp3) is 0.308. The topological polar surface area (TPSA) is 89.3 Å². The Morgan fingerprint density at radius 3 is 2.50 bits per heavy atom. The maximum atomic E-state index is 11.5. The Kier molecular flexibility index (Phi) is 6.70. The average Bonchev–Trinajstić information content (AvgIpc) is 2.36. The summed E-state index contributed by atoms with van der Waals surface area (Å²) in [6.45, 7) is 0.416. The summed E-state index contributed by atoms with van der Waals surface area (Å²) in [5.41, 5.74) is 0.874. The Balaban J connectivity index is 2.25. The Morgan fingerprint density at radius 2 is 1.90 bits per heavy atom. The van der Waals surface area contributed by atoms with Crippen molar-refractivity contribution in [3.8, 4) is 0 Å². The van der Waals surface area contributed by atoms with Crippen LogP contribution in [0.1, 0.15) is 18.4 Å². The summed E-state index contributed by atoms with van der Waals surface area (Å²) < 4.78 is 21.4. The van der Waals surface area contributed by atoms with Gasteiger partial charge in [-0.15, -0.1) is 0 Å². The monoisotopic (exact) mass is 316 g/mol. The maximum Gasteiger partial charge on any atom is 0.243 e. The van der Waals surface area contributed by atoms with E-state index >= 15 is 0 Å². The number of amides is 1. The molecule has 110 valence electrons. The number of sulfonamides is 1. The molecule has 0 atom stereocenters. The standard InChI is InChI=1S/C13H17ClN2O3S/c14-12-6-3-11(4-7-12)5-8-13(17)16-9-1-2-10-20(15,18)19/h3-8H,1-2,9-10H2,(H,16,17)(H2,15,18,19). The van der Waals surface area contributed by atoms with Gasteiger partial charge in [0.15, 0.2) is 0 Å². The SMILES string of the molecule is NS(=O)(=O)CCCCNC(=O)C=Cc1ccc(Cl)cc1. The zero-order valence-corrected chi connectivity index (χ0v) is 12.5. The molecule has 1 aromatic rings. The molecule has 0 aliphatic carbocycles. The number of carbonyl (C=O) groups excluding carboxylic acids is 1. The van der Waals surface area contributed by atoms with E-state index in [-0.39, 0.29) is 11.7 Å². The molecule has 1 rings (SSSR count). The van der Waals surface area contributed by atoms with E-state index in [0.29, 0.717) is 24.4 Å². The molecule has 1 amide bonds. The summed E-state index contributed by atoms with van der Waals surface area (Å²) in [7, 11) is -3.41. The molecule has 0 fully saturated rings. The largest absolute Gasteiger partial charge is 0.353 e. The molecule has 7 heteroatoms. The minimum atomic E-state index is -3.41. The number of primary sulfonamides is 1. The summed E-state index contributed by atoms with van der Waals surface area (Å²) >= 11 is 5.75. The third kappa shape index (κ3) is 7.93. The van der Waals surface area contributed by atoms with Crippen molar-refractivity contribution >= 4 is 33.6 Å². The van der Waals surface area contributed by atoms with Crippen LogP contribution in [-0.4, -0.2) is 26.6 Å². The van der Waals surface area contributed by atoms with Gasteiger partial charge in [0, 0.05) is 17.6 Å². The van der Waals surface area contributed by atoms with Crippen LogP contribution in [0.4, 0.5) is 0 Å². The molecule has 0 aromatic heterocycles. The van der Waals surface area contributed by atoms with Gasteiger partial charge in [-0.3, -0.25) is 4.79 Å². The maximum absolute atomic E-state index is 11.5. The quantitative estimate of drug-likeness (QED) is 0.590. The van der Waals surface area contributed by atoms with Crippen molar-refractivity contribution in [1.29, 1.82) is 0 Å². The normalized spacial score (nSPS) is 11.7. The van der Waals surface area contributed by atoms with Crippen molar-refractivity contribution in [3.63, 3.8) is 0 Å². The molecule has 0 radical (unpaired) electrons. The number of benzene rings is 1. The minimum absolute atomic E-state index is 0.0660. The number of rotatable bonds is 7. The highest BCUT2D eigenvalue weighted by Gasteiger charge is 2.01. The Labute approximate surface area is 123 Å². The van der Waals surface area contributed by atoms with Gasteiger partial charge < -0.3 is 5.32 Å². The van der Waals surface area contributed by atoms with Crippen molar-refractivity contribution in [2.24, 2.45) is 5.14 Å². The number of carbonyl (C=O) groups is 1. The summed E-state index contributed by atoms with van der Waals surface area (Å²) in [5.74, 6) is -0.292. The summed E-state index contributed by atoms with van der Waals surface area (Å²) in [6.07, 6.45) is 4.09. The lowest BCUT2D eigenvalue weighted by molar-refractivity contribution is -0.116. The van der Waals surface area contributed by atoms with E-state index in [0.717, 1.165) is 5.56 Å². The first-order valence-corrected chi connectivity index (χ1v) is 8.18. The van der Waals surface area contributed by atoms with Crippen LogP contribution in [0, 0.1) is 0 Å². The smallest absolute Gasteiger partial charge is 0.243 e. The number of unbranched alkanes of at least 4 members (excludes halogenated alkanes) is 1. The molecule has 20 heavy (non-hydrogen) atoms. The van der Waals surface area contributed by atoms with E-state index in [4.69, 9.17) is 16.7 Å². The Bertz CT molecular complexity index is 568. The van der Waals surface area contributed by atoms with Crippen LogP contribution in [0.3, 0.4) is 0 Å². The summed E-state index contributed by atoms with van der Waals surface area (Å²) in [6, 6.07) is 7.09. The van der Waals surface area contributed by atoms with Crippen molar-refractivity contribution < 1.29 is 13.2 Å². The van der Waals surface area contributed by atoms with Gasteiger partial charge in [0.05, 0.1) is 5.75 Å². The molecule has 0 saturated carbocycles. The zero-order valence-electron chi connectivity index (χ0n) is 10.9. The molecule has 0 bridgehead atoms. The second-order valence-corrected chi connectivity index (χ2v) is 6.42. The number of nitrogens with one attached hydrogen (secondary N) is 1. The predicted molar refractivity (Wildman–Crippen MR) is 80.7 cm³/mol. The zero-order chi connectivity index (χ0) is 15.0. The van der Waals surface area contributed by atoms with Crippen molar-refractivity contribution in [3.05, 3.63) is 40.9 Å². The number of hydrogen-bond donors (Lipinski definition) is 2. The lowest BCUT2D eigenvalue weighted by Crippen LogP contribution is -2.23. The lowest BCUT2D eigenvalue weighted by Gasteiger charge is -2.01. The Morgan fingerprint density at radius 1 is 1.25 bits per heavy atom. The third-order valence-corrected chi connectivity index (χ3v) is 3.56. The van der Waals surface area contributed by atoms with Gasteiger partial charge in [-0.1, -0.05) is 23.7 Å². The second-order valence-electron chi connectivity index (χ2n) is 4.25. The first-order valence-electron chi connectivity index (χ1n) is 6.09. The van der Waals surface area contributed by atoms with Crippen LogP contribution >= 0.6 is 11.6 Å². The van der Waals surface area contributed by atoms with Gasteiger partial charge in [-0.25, -0.2) is 13.6 Å². The molecule has 5 nitrogen and oxygen atoms in total. The molecule has 0 unspecified atom stereocenters. The molecular weight excluding hydrogens is 300 g/mol. The first kappa shape index (κ1) is 16.7. The van der Waals surface area contributed by atoms with Gasteiger partial charge >= 0.3 is 0 Å². The highest BCUT2D eigenvalue weighted by molar-refractivity contribution is 7.89. The van der Waals surface area contributed by atoms with E-state index < -0.39 is 10.0 Å². The minimum Gasteiger partial charge on any atom is -0.353 e.